The maximum Gasteiger partial charge on any atom is 0.296 e. The van der Waals surface area contributed by atoms with Crippen LogP contribution in [-0.2, 0) is 10.5 Å². The third-order valence-corrected chi connectivity index (χ3v) is 5.80. The molecule has 2 aromatic rings. The van der Waals surface area contributed by atoms with Gasteiger partial charge in [0.2, 0.25) is 5.91 Å². The minimum absolute atomic E-state index is 0.122. The summed E-state index contributed by atoms with van der Waals surface area (Å²) < 4.78 is 5.79. The third-order valence-electron chi connectivity index (χ3n) is 3.56. The highest BCUT2D eigenvalue weighted by Gasteiger charge is 2.18. The summed E-state index contributed by atoms with van der Waals surface area (Å²) in [6, 6.07) is 12.2. The zero-order valence-corrected chi connectivity index (χ0v) is 15.4. The maximum absolute atomic E-state index is 12.2. The van der Waals surface area contributed by atoms with Crippen molar-refractivity contribution >= 4 is 50.9 Å². The zero-order valence-electron chi connectivity index (χ0n) is 13.8. The van der Waals surface area contributed by atoms with E-state index in [2.05, 4.69) is 10.3 Å². The summed E-state index contributed by atoms with van der Waals surface area (Å²) in [6.07, 6.45) is 0. The molecular weight excluding hydrogens is 374 g/mol. The Balaban J connectivity index is 1.63. The standard InChI is InChI=1S/C17H15N3O4S2/c1-24-12-6-7-14(15(8-12)20(22)23)18-16(21)10-26-17-19-13-5-3-2-4-11(13)9-25-17/h2-8H,9-10H2,1H3,(H,18,21). The van der Waals surface area contributed by atoms with Crippen molar-refractivity contribution in [2.75, 3.05) is 18.2 Å². The van der Waals surface area contributed by atoms with Crippen LogP contribution >= 0.6 is 23.5 Å². The number of hydrogen-bond acceptors (Lipinski definition) is 7. The van der Waals surface area contributed by atoms with Gasteiger partial charge in [0.15, 0.2) is 0 Å². The molecule has 26 heavy (non-hydrogen) atoms. The van der Waals surface area contributed by atoms with Crippen LogP contribution in [0.25, 0.3) is 0 Å². The number of hydrogen-bond donors (Lipinski definition) is 1. The Morgan fingerprint density at radius 3 is 2.96 bits per heavy atom. The zero-order chi connectivity index (χ0) is 18.5. The number of aliphatic imine (C=N–C) groups is 1. The van der Waals surface area contributed by atoms with Crippen molar-refractivity contribution in [1.82, 2.24) is 0 Å². The third kappa shape index (κ3) is 4.36. The number of nitro benzene ring substituents is 1. The molecule has 1 N–H and O–H groups in total. The van der Waals surface area contributed by atoms with Crippen LogP contribution < -0.4 is 10.1 Å². The van der Waals surface area contributed by atoms with Crippen molar-refractivity contribution in [2.45, 2.75) is 5.75 Å². The molecule has 1 amide bonds. The van der Waals surface area contributed by atoms with Gasteiger partial charge >= 0.3 is 0 Å². The topological polar surface area (TPSA) is 93.8 Å². The van der Waals surface area contributed by atoms with Gasteiger partial charge in [-0.3, -0.25) is 14.9 Å². The lowest BCUT2D eigenvalue weighted by molar-refractivity contribution is -0.384. The minimum Gasteiger partial charge on any atom is -0.496 e. The monoisotopic (exact) mass is 389 g/mol. The number of benzene rings is 2. The lowest BCUT2D eigenvalue weighted by atomic mass is 10.2. The van der Waals surface area contributed by atoms with E-state index in [0.29, 0.717) is 5.75 Å². The van der Waals surface area contributed by atoms with E-state index in [-0.39, 0.29) is 23.0 Å². The van der Waals surface area contributed by atoms with Crippen LogP contribution in [-0.4, -0.2) is 28.1 Å². The molecular formula is C17H15N3O4S2. The van der Waals surface area contributed by atoms with Crippen LogP contribution in [0.2, 0.25) is 0 Å². The average molecular weight is 389 g/mol. The fourth-order valence-electron chi connectivity index (χ4n) is 2.29. The van der Waals surface area contributed by atoms with Crippen LogP contribution in [0, 0.1) is 10.1 Å². The number of fused-ring (bicyclic) bond motifs is 1. The highest BCUT2D eigenvalue weighted by molar-refractivity contribution is 8.38. The molecule has 1 aliphatic heterocycles. The van der Waals surface area contributed by atoms with Crippen LogP contribution in [0.15, 0.2) is 47.5 Å². The SMILES string of the molecule is COc1ccc(NC(=O)CSC2=Nc3ccccc3CS2)c([N+](=O)[O-])c1. The largest absolute Gasteiger partial charge is 0.496 e. The minimum atomic E-state index is -0.552. The molecule has 0 saturated carbocycles. The van der Waals surface area contributed by atoms with Crippen molar-refractivity contribution in [3.8, 4) is 5.75 Å². The first kappa shape index (κ1) is 18.3. The maximum atomic E-state index is 12.2. The molecule has 0 aliphatic carbocycles. The summed E-state index contributed by atoms with van der Waals surface area (Å²) in [7, 11) is 1.43. The predicted octanol–water partition coefficient (Wildman–Crippen LogP) is 4.21. The molecule has 1 heterocycles. The Morgan fingerprint density at radius 2 is 2.19 bits per heavy atom. The number of carbonyl (C=O) groups is 1. The first-order valence-corrected chi connectivity index (χ1v) is 9.58. The second kappa shape index (κ2) is 8.24. The smallest absolute Gasteiger partial charge is 0.296 e. The summed E-state index contributed by atoms with van der Waals surface area (Å²) in [5.74, 6) is 0.964. The van der Waals surface area contributed by atoms with Gasteiger partial charge in [-0.1, -0.05) is 41.7 Å². The van der Waals surface area contributed by atoms with Crippen molar-refractivity contribution in [3.63, 3.8) is 0 Å². The van der Waals surface area contributed by atoms with Gasteiger partial charge < -0.3 is 10.1 Å². The molecule has 1 aliphatic rings. The van der Waals surface area contributed by atoms with E-state index in [9.17, 15) is 14.9 Å². The van der Waals surface area contributed by atoms with Crippen LogP contribution in [0.4, 0.5) is 17.1 Å². The number of nitro groups is 1. The number of ether oxygens (including phenoxy) is 1. The van der Waals surface area contributed by atoms with Crippen LogP contribution in [0.1, 0.15) is 5.56 Å². The van der Waals surface area contributed by atoms with Crippen molar-refractivity contribution in [1.29, 1.82) is 0 Å². The Bertz CT molecular complexity index is 886. The molecule has 0 atom stereocenters. The van der Waals surface area contributed by atoms with Crippen LogP contribution in [0.3, 0.4) is 0 Å². The van der Waals surface area contributed by atoms with Crippen molar-refractivity contribution in [3.05, 3.63) is 58.1 Å². The van der Waals surface area contributed by atoms with Crippen molar-refractivity contribution < 1.29 is 14.5 Å². The first-order chi connectivity index (χ1) is 12.6. The lowest BCUT2D eigenvalue weighted by Crippen LogP contribution is -2.16. The molecule has 0 unspecified atom stereocenters. The van der Waals surface area contributed by atoms with Crippen LogP contribution in [0.5, 0.6) is 5.75 Å². The molecule has 7 nitrogen and oxygen atoms in total. The quantitative estimate of drug-likeness (QED) is 0.608. The van der Waals surface area contributed by atoms with Crippen molar-refractivity contribution in [2.24, 2.45) is 4.99 Å². The molecule has 134 valence electrons. The lowest BCUT2D eigenvalue weighted by Gasteiger charge is -2.14. The number of methoxy groups -OCH3 is 1. The number of thioether (sulfide) groups is 2. The number of para-hydroxylation sites is 1. The molecule has 0 aromatic heterocycles. The number of amides is 1. The van der Waals surface area contributed by atoms with E-state index < -0.39 is 4.92 Å². The number of nitrogens with one attached hydrogen (secondary N) is 1. The summed E-state index contributed by atoms with van der Waals surface area (Å²) in [5, 5.41) is 13.7. The number of nitrogens with zero attached hydrogens (tertiary/aromatic N) is 2. The fourth-order valence-corrected chi connectivity index (χ4v) is 4.16. The molecule has 3 rings (SSSR count). The van der Waals surface area contributed by atoms with Gasteiger partial charge in [0, 0.05) is 5.75 Å². The highest BCUT2D eigenvalue weighted by Crippen LogP contribution is 2.34. The highest BCUT2D eigenvalue weighted by atomic mass is 32.2. The normalized spacial score (nSPS) is 12.7. The molecule has 0 bridgehead atoms. The molecule has 0 radical (unpaired) electrons. The van der Waals surface area contributed by atoms with Gasteiger partial charge in [-0.15, -0.1) is 0 Å². The second-order valence-electron chi connectivity index (χ2n) is 5.27. The molecule has 9 heteroatoms. The van der Waals surface area contributed by atoms with Gasteiger partial charge in [-0.2, -0.15) is 0 Å². The van der Waals surface area contributed by atoms with Gasteiger partial charge in [-0.05, 0) is 23.8 Å². The van der Waals surface area contributed by atoms with E-state index in [1.807, 2.05) is 24.3 Å². The van der Waals surface area contributed by atoms with Gasteiger partial charge in [0.1, 0.15) is 15.8 Å². The van der Waals surface area contributed by atoms with E-state index in [1.165, 1.54) is 36.6 Å². The average Bonchev–Trinajstić information content (AvgIpc) is 2.66. The van der Waals surface area contributed by atoms with E-state index in [0.717, 1.165) is 15.8 Å². The van der Waals surface area contributed by atoms with Gasteiger partial charge in [0.25, 0.3) is 5.69 Å². The second-order valence-corrected chi connectivity index (χ2v) is 7.46. The van der Waals surface area contributed by atoms with Gasteiger partial charge in [-0.25, -0.2) is 4.99 Å². The summed E-state index contributed by atoms with van der Waals surface area (Å²) in [4.78, 5) is 27.3. The summed E-state index contributed by atoms with van der Waals surface area (Å²) in [5.41, 5.74) is 2.02. The molecule has 0 spiro atoms. The fraction of sp³-hybridized carbons (Fsp3) is 0.176. The summed E-state index contributed by atoms with van der Waals surface area (Å²) in [6.45, 7) is 0. The Kier molecular flexibility index (Phi) is 5.79. The molecule has 0 saturated heterocycles. The molecule has 0 fully saturated rings. The van der Waals surface area contributed by atoms with Gasteiger partial charge in [0.05, 0.1) is 29.5 Å². The van der Waals surface area contributed by atoms with E-state index in [1.54, 1.807) is 17.8 Å². The predicted molar refractivity (Wildman–Crippen MR) is 106 cm³/mol. The van der Waals surface area contributed by atoms with E-state index in [4.69, 9.17) is 4.74 Å². The number of carbonyl (C=O) groups excluding carboxylic acids is 1. The van der Waals surface area contributed by atoms with E-state index >= 15 is 0 Å². The molecule has 2 aromatic carbocycles. The Labute approximate surface area is 158 Å². The summed E-state index contributed by atoms with van der Waals surface area (Å²) >= 11 is 2.89. The Morgan fingerprint density at radius 1 is 1.38 bits per heavy atom. The Hall–Kier alpha value is -2.52. The number of anilines is 1. The number of rotatable bonds is 5. The first-order valence-electron chi connectivity index (χ1n) is 7.61.